The summed E-state index contributed by atoms with van der Waals surface area (Å²) in [5.41, 5.74) is 3.62. The van der Waals surface area contributed by atoms with Crippen LogP contribution in [0.1, 0.15) is 45.4 Å². The Kier molecular flexibility index (Phi) is 5.99. The Labute approximate surface area is 231 Å². The molecule has 3 amide bonds. The number of alkyl halides is 1. The standard InChI is InChI=1S/C27H24ClN7O5/c1-12(36)29-21-11-34(3)25(33-21)26(38)31-16-4-5-17-14(6-16)7-18(32-17)27(39)35-10-15(9-28)22-19(35)8-20(37)24-23(22)30-13(2)40-24/h4-8,11,15,32,37H,9-10H2,1-3H3,(H,29,36)(H,31,38). The lowest BCUT2D eigenvalue weighted by molar-refractivity contribution is -0.114. The normalized spacial score (nSPS) is 14.6. The minimum absolute atomic E-state index is 0.101. The van der Waals surface area contributed by atoms with Gasteiger partial charge in [-0.25, -0.2) is 9.97 Å². The number of aromatic amines is 1. The van der Waals surface area contributed by atoms with Crippen LogP contribution < -0.4 is 15.5 Å². The molecule has 3 aromatic heterocycles. The van der Waals surface area contributed by atoms with Gasteiger partial charge in [0, 0.05) is 73.7 Å². The number of halogens is 1. The first-order chi connectivity index (χ1) is 19.1. The molecule has 6 rings (SSSR count). The van der Waals surface area contributed by atoms with E-state index in [0.29, 0.717) is 45.9 Å². The fraction of sp³-hybridized carbons (Fsp3) is 0.222. The van der Waals surface area contributed by atoms with E-state index in [1.165, 1.54) is 17.6 Å². The average molecular weight is 562 g/mol. The quantitative estimate of drug-likeness (QED) is 0.233. The van der Waals surface area contributed by atoms with E-state index >= 15 is 0 Å². The van der Waals surface area contributed by atoms with Gasteiger partial charge in [0.05, 0.1) is 5.69 Å². The number of amides is 3. The van der Waals surface area contributed by atoms with Gasteiger partial charge in [0.25, 0.3) is 11.8 Å². The minimum atomic E-state index is -0.458. The van der Waals surface area contributed by atoms with Gasteiger partial charge in [-0.15, -0.1) is 11.6 Å². The fourth-order valence-electron chi connectivity index (χ4n) is 5.11. The number of aryl methyl sites for hydroxylation is 2. The van der Waals surface area contributed by atoms with Gasteiger partial charge in [0.15, 0.2) is 23.0 Å². The number of benzene rings is 2. The van der Waals surface area contributed by atoms with E-state index in [9.17, 15) is 19.5 Å². The Hall–Kier alpha value is -4.84. The van der Waals surface area contributed by atoms with Gasteiger partial charge < -0.3 is 34.6 Å². The molecule has 1 aliphatic heterocycles. The molecule has 204 valence electrons. The van der Waals surface area contributed by atoms with Crippen LogP contribution in [-0.2, 0) is 11.8 Å². The molecule has 1 unspecified atom stereocenters. The van der Waals surface area contributed by atoms with Crippen molar-refractivity contribution < 1.29 is 23.9 Å². The van der Waals surface area contributed by atoms with Crippen molar-refractivity contribution in [1.82, 2.24) is 19.5 Å². The number of phenolic OH excluding ortho intramolecular Hbond substituents is 1. The van der Waals surface area contributed by atoms with Crippen molar-refractivity contribution in [3.05, 3.63) is 59.5 Å². The highest BCUT2D eigenvalue weighted by Gasteiger charge is 2.37. The Morgan fingerprint density at radius 2 is 2.00 bits per heavy atom. The second-order valence-electron chi connectivity index (χ2n) is 9.69. The van der Waals surface area contributed by atoms with E-state index in [0.717, 1.165) is 5.56 Å². The van der Waals surface area contributed by atoms with E-state index in [1.807, 2.05) is 0 Å². The highest BCUT2D eigenvalue weighted by Crippen LogP contribution is 2.45. The number of carbonyl (C=O) groups excluding carboxylic acids is 3. The topological polar surface area (TPSA) is 158 Å². The van der Waals surface area contributed by atoms with Crippen molar-refractivity contribution in [2.24, 2.45) is 7.05 Å². The van der Waals surface area contributed by atoms with Crippen LogP contribution >= 0.6 is 11.6 Å². The van der Waals surface area contributed by atoms with Gasteiger partial charge >= 0.3 is 0 Å². The number of hydrogen-bond acceptors (Lipinski definition) is 7. The summed E-state index contributed by atoms with van der Waals surface area (Å²) in [6.07, 6.45) is 1.55. The van der Waals surface area contributed by atoms with Crippen molar-refractivity contribution in [3.8, 4) is 5.75 Å². The average Bonchev–Trinajstić information content (AvgIpc) is 3.66. The summed E-state index contributed by atoms with van der Waals surface area (Å²) in [6, 6.07) is 8.42. The van der Waals surface area contributed by atoms with Crippen molar-refractivity contribution in [2.75, 3.05) is 28.0 Å². The molecule has 4 heterocycles. The van der Waals surface area contributed by atoms with Gasteiger partial charge in [-0.2, -0.15) is 0 Å². The largest absolute Gasteiger partial charge is 0.504 e. The van der Waals surface area contributed by atoms with Crippen LogP contribution in [0.15, 0.2) is 40.9 Å². The molecule has 0 spiro atoms. The molecule has 0 saturated heterocycles. The molecule has 0 bridgehead atoms. The molecule has 0 fully saturated rings. The first-order valence-corrected chi connectivity index (χ1v) is 12.9. The van der Waals surface area contributed by atoms with E-state index in [-0.39, 0.29) is 46.6 Å². The summed E-state index contributed by atoms with van der Waals surface area (Å²) >= 11 is 6.27. The van der Waals surface area contributed by atoms with Crippen LogP contribution in [0, 0.1) is 6.92 Å². The summed E-state index contributed by atoms with van der Waals surface area (Å²) < 4.78 is 7.08. The monoisotopic (exact) mass is 561 g/mol. The third kappa shape index (κ3) is 4.22. The lowest BCUT2D eigenvalue weighted by atomic mass is 10.0. The van der Waals surface area contributed by atoms with Gasteiger partial charge in [0.1, 0.15) is 11.2 Å². The molecular formula is C27H24ClN7O5. The number of imidazole rings is 1. The predicted octanol–water partition coefficient (Wildman–Crippen LogP) is 4.25. The van der Waals surface area contributed by atoms with E-state index in [2.05, 4.69) is 25.6 Å². The van der Waals surface area contributed by atoms with Gasteiger partial charge in [-0.1, -0.05) is 0 Å². The second-order valence-corrected chi connectivity index (χ2v) is 10.00. The number of phenols is 1. The smallest absolute Gasteiger partial charge is 0.291 e. The molecule has 0 saturated carbocycles. The number of hydrogen-bond donors (Lipinski definition) is 4. The fourth-order valence-corrected chi connectivity index (χ4v) is 5.36. The Morgan fingerprint density at radius 3 is 2.75 bits per heavy atom. The van der Waals surface area contributed by atoms with Crippen molar-refractivity contribution in [3.63, 3.8) is 0 Å². The molecule has 5 aromatic rings. The highest BCUT2D eigenvalue weighted by molar-refractivity contribution is 6.19. The van der Waals surface area contributed by atoms with Crippen LogP contribution in [0.4, 0.5) is 17.2 Å². The number of carbonyl (C=O) groups is 3. The maximum Gasteiger partial charge on any atom is 0.291 e. The zero-order chi connectivity index (χ0) is 28.3. The zero-order valence-corrected chi connectivity index (χ0v) is 22.5. The molecular weight excluding hydrogens is 538 g/mol. The Morgan fingerprint density at radius 1 is 1.20 bits per heavy atom. The maximum atomic E-state index is 13.7. The Bertz CT molecular complexity index is 1850. The molecule has 13 heteroatoms. The van der Waals surface area contributed by atoms with E-state index < -0.39 is 5.91 Å². The van der Waals surface area contributed by atoms with E-state index in [1.54, 1.807) is 49.3 Å². The van der Waals surface area contributed by atoms with Crippen LogP contribution in [0.5, 0.6) is 5.75 Å². The third-order valence-corrected chi connectivity index (χ3v) is 7.17. The van der Waals surface area contributed by atoms with Crippen LogP contribution in [-0.4, -0.2) is 54.8 Å². The summed E-state index contributed by atoms with van der Waals surface area (Å²) in [5, 5.41) is 16.6. The molecule has 1 aliphatic rings. The number of fused-ring (bicyclic) bond motifs is 4. The number of rotatable bonds is 5. The first-order valence-electron chi connectivity index (χ1n) is 12.4. The second kappa shape index (κ2) is 9.42. The van der Waals surface area contributed by atoms with Crippen LogP contribution in [0.3, 0.4) is 0 Å². The summed E-state index contributed by atoms with van der Waals surface area (Å²) in [4.78, 5) is 51.1. The van der Waals surface area contributed by atoms with Crippen LogP contribution in [0.2, 0.25) is 0 Å². The van der Waals surface area contributed by atoms with Crippen LogP contribution in [0.25, 0.3) is 22.0 Å². The lowest BCUT2D eigenvalue weighted by Gasteiger charge is -2.17. The summed E-state index contributed by atoms with van der Waals surface area (Å²) in [7, 11) is 1.65. The van der Waals surface area contributed by atoms with Crippen molar-refractivity contribution >= 4 is 68.5 Å². The summed E-state index contributed by atoms with van der Waals surface area (Å²) in [6.45, 7) is 3.38. The Balaban J connectivity index is 1.28. The number of aromatic nitrogens is 4. The number of nitrogens with zero attached hydrogens (tertiary/aromatic N) is 4. The summed E-state index contributed by atoms with van der Waals surface area (Å²) in [5.74, 6) is -0.261. The first kappa shape index (κ1) is 25.4. The number of nitrogens with one attached hydrogen (secondary N) is 3. The molecule has 1 atom stereocenters. The SMILES string of the molecule is CC(=O)Nc1cn(C)c(C(=O)Nc2ccc3[nH]c(C(=O)N4CC(CCl)c5c4cc(O)c4oc(C)nc54)cc3c2)n1. The predicted molar refractivity (Wildman–Crippen MR) is 149 cm³/mol. The van der Waals surface area contributed by atoms with E-state index in [4.69, 9.17) is 16.0 Å². The lowest BCUT2D eigenvalue weighted by Crippen LogP contribution is -2.30. The van der Waals surface area contributed by atoms with Gasteiger partial charge in [-0.05, 0) is 24.3 Å². The molecule has 0 radical (unpaired) electrons. The van der Waals surface area contributed by atoms with Gasteiger partial charge in [-0.3, -0.25) is 14.4 Å². The molecule has 12 nitrogen and oxygen atoms in total. The number of aromatic hydroxyl groups is 1. The van der Waals surface area contributed by atoms with Gasteiger partial charge in [0.2, 0.25) is 11.7 Å². The molecule has 40 heavy (non-hydrogen) atoms. The molecule has 4 N–H and O–H groups in total. The number of H-pyrrole nitrogens is 1. The van der Waals surface area contributed by atoms with Crippen molar-refractivity contribution in [1.29, 1.82) is 0 Å². The van der Waals surface area contributed by atoms with Crippen molar-refractivity contribution in [2.45, 2.75) is 19.8 Å². The highest BCUT2D eigenvalue weighted by atomic mass is 35.5. The number of anilines is 3. The minimum Gasteiger partial charge on any atom is -0.504 e. The number of oxazole rings is 1. The zero-order valence-electron chi connectivity index (χ0n) is 21.7. The molecule has 0 aliphatic carbocycles. The molecule has 2 aromatic carbocycles. The maximum absolute atomic E-state index is 13.7. The third-order valence-electron chi connectivity index (χ3n) is 6.80.